The van der Waals surface area contributed by atoms with E-state index in [1.807, 2.05) is 24.3 Å². The van der Waals surface area contributed by atoms with Crippen LogP contribution in [0.4, 0.5) is 10.1 Å². The van der Waals surface area contributed by atoms with E-state index in [4.69, 9.17) is 7.85 Å². The van der Waals surface area contributed by atoms with Gasteiger partial charge in [-0.25, -0.2) is 9.18 Å². The second kappa shape index (κ2) is 7.97. The molecule has 3 nitrogen and oxygen atoms in total. The molecule has 0 amide bonds. The third-order valence-corrected chi connectivity index (χ3v) is 3.61. The van der Waals surface area contributed by atoms with Crippen LogP contribution in [-0.4, -0.2) is 20.9 Å². The molecule has 1 N–H and O–H groups in total. The highest BCUT2D eigenvalue weighted by Gasteiger charge is 2.06. The van der Waals surface area contributed by atoms with Crippen LogP contribution in [0, 0.1) is 5.82 Å². The highest BCUT2D eigenvalue weighted by molar-refractivity contribution is 9.10. The second-order valence-electron chi connectivity index (χ2n) is 4.80. The molecular weight excluding hydrogens is 360 g/mol. The van der Waals surface area contributed by atoms with Crippen LogP contribution in [0.1, 0.15) is 17.1 Å². The van der Waals surface area contributed by atoms with Crippen molar-refractivity contribution < 1.29 is 13.9 Å². The van der Waals surface area contributed by atoms with Crippen LogP contribution in [-0.2, 0) is 9.53 Å². The summed E-state index contributed by atoms with van der Waals surface area (Å²) in [7, 11) is 7.36. The molecule has 23 heavy (non-hydrogen) atoms. The number of ether oxygens (including phenoxy) is 1. The van der Waals surface area contributed by atoms with Crippen molar-refractivity contribution in [1.82, 2.24) is 0 Å². The van der Waals surface area contributed by atoms with Crippen LogP contribution in [0.15, 0.2) is 53.0 Å². The van der Waals surface area contributed by atoms with Gasteiger partial charge in [0, 0.05) is 22.2 Å². The van der Waals surface area contributed by atoms with Crippen molar-refractivity contribution in [2.75, 3.05) is 12.4 Å². The van der Waals surface area contributed by atoms with E-state index >= 15 is 0 Å². The predicted octanol–water partition coefficient (Wildman–Crippen LogP) is 4.05. The van der Waals surface area contributed by atoms with Crippen LogP contribution in [0.5, 0.6) is 0 Å². The maximum absolute atomic E-state index is 13.7. The van der Waals surface area contributed by atoms with Crippen molar-refractivity contribution in [1.29, 1.82) is 0 Å². The lowest BCUT2D eigenvalue weighted by molar-refractivity contribution is -0.134. The van der Waals surface area contributed by atoms with Crippen molar-refractivity contribution >= 4 is 41.5 Å². The molecule has 0 fully saturated rings. The van der Waals surface area contributed by atoms with Crippen molar-refractivity contribution in [2.24, 2.45) is 0 Å². The number of rotatable bonds is 5. The molecule has 0 saturated heterocycles. The molecule has 116 valence electrons. The fraction of sp³-hybridized carbons (Fsp3) is 0.118. The Balaban J connectivity index is 2.16. The van der Waals surface area contributed by atoms with Gasteiger partial charge in [-0.3, -0.25) is 0 Å². The summed E-state index contributed by atoms with van der Waals surface area (Å²) >= 11 is 3.36. The van der Waals surface area contributed by atoms with Gasteiger partial charge in [-0.1, -0.05) is 28.1 Å². The van der Waals surface area contributed by atoms with Crippen molar-refractivity contribution in [3.05, 3.63) is 70.0 Å². The number of carbonyl (C=O) groups excluding carboxylic acids is 1. The zero-order valence-electron chi connectivity index (χ0n) is 12.4. The average molecular weight is 374 g/mol. The lowest BCUT2D eigenvalue weighted by Gasteiger charge is -2.17. The van der Waals surface area contributed by atoms with Gasteiger partial charge < -0.3 is 10.1 Å². The smallest absolute Gasteiger partial charge is 0.330 e. The molecule has 2 radical (unpaired) electrons. The summed E-state index contributed by atoms with van der Waals surface area (Å²) in [6.07, 6.45) is 2.71. The summed E-state index contributed by atoms with van der Waals surface area (Å²) in [6, 6.07) is 11.9. The van der Waals surface area contributed by atoms with Gasteiger partial charge in [0.25, 0.3) is 0 Å². The number of hydrogen-bond acceptors (Lipinski definition) is 3. The standard InChI is InChI=1S/C17H14BBrFNO2/c1-23-16(22)7-2-11-8-14(20)10-15(9-11)21-17(18)12-3-5-13(19)6-4-12/h2-10,17,21H,1H3/b7-2+. The molecule has 0 heterocycles. The number of anilines is 1. The average Bonchev–Trinajstić information content (AvgIpc) is 2.52. The third kappa shape index (κ3) is 5.25. The lowest BCUT2D eigenvalue weighted by Crippen LogP contribution is -2.10. The normalized spacial score (nSPS) is 12.1. The molecule has 6 heteroatoms. The Hall–Kier alpha value is -2.08. The van der Waals surface area contributed by atoms with Gasteiger partial charge >= 0.3 is 5.97 Å². The number of hydrogen-bond donors (Lipinski definition) is 1. The molecule has 0 aliphatic carbocycles. The van der Waals surface area contributed by atoms with Gasteiger partial charge in [0.05, 0.1) is 7.11 Å². The number of carbonyl (C=O) groups is 1. The van der Waals surface area contributed by atoms with Gasteiger partial charge in [-0.15, -0.1) is 0 Å². The van der Waals surface area contributed by atoms with Gasteiger partial charge in [0.1, 0.15) is 13.7 Å². The second-order valence-corrected chi connectivity index (χ2v) is 5.72. The van der Waals surface area contributed by atoms with Crippen molar-refractivity contribution in [2.45, 2.75) is 5.94 Å². The SMILES string of the molecule is [B]C(Nc1cc(F)cc(/C=C/C(=O)OC)c1)c1ccc(Br)cc1. The van der Waals surface area contributed by atoms with Crippen LogP contribution in [0.3, 0.4) is 0 Å². The van der Waals surface area contributed by atoms with Gasteiger partial charge in [-0.05, 0) is 47.5 Å². The topological polar surface area (TPSA) is 38.3 Å². The first-order chi connectivity index (χ1) is 11.0. The minimum absolute atomic E-state index is 0.428. The summed E-state index contributed by atoms with van der Waals surface area (Å²) in [5, 5.41) is 3.03. The number of methoxy groups -OCH3 is 1. The van der Waals surface area contributed by atoms with Crippen LogP contribution < -0.4 is 5.32 Å². The zero-order chi connectivity index (χ0) is 16.8. The summed E-state index contributed by atoms with van der Waals surface area (Å²) < 4.78 is 19.2. The molecule has 0 saturated carbocycles. The summed E-state index contributed by atoms with van der Waals surface area (Å²) in [5.41, 5.74) is 1.91. The minimum Gasteiger partial charge on any atom is -0.466 e. The minimum atomic E-state index is -0.504. The fourth-order valence-corrected chi connectivity index (χ4v) is 2.22. The fourth-order valence-electron chi connectivity index (χ4n) is 1.96. The first-order valence-electron chi connectivity index (χ1n) is 6.82. The lowest BCUT2D eigenvalue weighted by atomic mass is 9.88. The van der Waals surface area contributed by atoms with E-state index in [1.54, 1.807) is 6.07 Å². The van der Waals surface area contributed by atoms with E-state index in [2.05, 4.69) is 26.0 Å². The molecule has 0 spiro atoms. The number of halogens is 2. The van der Waals surface area contributed by atoms with E-state index in [-0.39, 0.29) is 0 Å². The Morgan fingerprint density at radius 2 is 2.00 bits per heavy atom. The Labute approximate surface area is 144 Å². The Bertz CT molecular complexity index is 719. The molecule has 1 unspecified atom stereocenters. The van der Waals surface area contributed by atoms with Crippen molar-refractivity contribution in [3.63, 3.8) is 0 Å². The first-order valence-corrected chi connectivity index (χ1v) is 7.61. The first kappa shape index (κ1) is 17.3. The van der Waals surface area contributed by atoms with E-state index in [0.717, 1.165) is 10.0 Å². The van der Waals surface area contributed by atoms with Gasteiger partial charge in [0.2, 0.25) is 0 Å². The summed E-state index contributed by atoms with van der Waals surface area (Å²) in [6.45, 7) is 0. The van der Waals surface area contributed by atoms with E-state index in [9.17, 15) is 9.18 Å². The number of esters is 1. The highest BCUT2D eigenvalue weighted by atomic mass is 79.9. The van der Waals surface area contributed by atoms with E-state index < -0.39 is 17.7 Å². The largest absolute Gasteiger partial charge is 0.466 e. The van der Waals surface area contributed by atoms with Crippen LogP contribution in [0.2, 0.25) is 0 Å². The predicted molar refractivity (Wildman–Crippen MR) is 93.7 cm³/mol. The van der Waals surface area contributed by atoms with Gasteiger partial charge in [0.15, 0.2) is 0 Å². The molecule has 0 bridgehead atoms. The Kier molecular flexibility index (Phi) is 5.99. The summed E-state index contributed by atoms with van der Waals surface area (Å²) in [5.74, 6) is -1.42. The number of benzene rings is 2. The molecule has 0 aromatic heterocycles. The van der Waals surface area contributed by atoms with Crippen LogP contribution >= 0.6 is 15.9 Å². The van der Waals surface area contributed by atoms with Gasteiger partial charge in [-0.2, -0.15) is 0 Å². The van der Waals surface area contributed by atoms with E-state index in [0.29, 0.717) is 11.3 Å². The Morgan fingerprint density at radius 3 is 2.65 bits per heavy atom. The number of nitrogens with one attached hydrogen (secondary N) is 1. The third-order valence-electron chi connectivity index (χ3n) is 3.08. The molecule has 2 rings (SSSR count). The monoisotopic (exact) mass is 373 g/mol. The molecule has 2 aromatic rings. The van der Waals surface area contributed by atoms with Crippen molar-refractivity contribution in [3.8, 4) is 0 Å². The van der Waals surface area contributed by atoms with E-state index in [1.165, 1.54) is 31.4 Å². The maximum Gasteiger partial charge on any atom is 0.330 e. The molecule has 0 aliphatic heterocycles. The maximum atomic E-state index is 13.7. The molecule has 0 aliphatic rings. The molecular formula is C17H14BBrFNO2. The molecule has 1 atom stereocenters. The zero-order valence-corrected chi connectivity index (χ0v) is 14.0. The quantitative estimate of drug-likeness (QED) is 0.488. The molecule has 2 aromatic carbocycles. The Morgan fingerprint density at radius 1 is 1.30 bits per heavy atom. The highest BCUT2D eigenvalue weighted by Crippen LogP contribution is 2.21. The van der Waals surface area contributed by atoms with Crippen LogP contribution in [0.25, 0.3) is 6.08 Å². The summed E-state index contributed by atoms with van der Waals surface area (Å²) in [4.78, 5) is 11.1.